The summed E-state index contributed by atoms with van der Waals surface area (Å²) in [4.78, 5) is -0.0522. The summed E-state index contributed by atoms with van der Waals surface area (Å²) < 4.78 is 33.5. The van der Waals surface area contributed by atoms with Crippen LogP contribution in [-0.4, -0.2) is 13.6 Å². The van der Waals surface area contributed by atoms with Crippen LogP contribution in [0.2, 0.25) is 5.02 Å². The van der Waals surface area contributed by atoms with Crippen LogP contribution in [0.5, 0.6) is 5.75 Å². The van der Waals surface area contributed by atoms with Gasteiger partial charge in [-0.1, -0.05) is 16.8 Å². The largest absolute Gasteiger partial charge is 0.486 e. The SMILES string of the molecule is NS(=O)(=O)c1ccc(OCc2noc3c2CCCC3)c(Cl)c1. The number of aromatic nitrogens is 1. The van der Waals surface area contributed by atoms with Gasteiger partial charge in [0.15, 0.2) is 0 Å². The van der Waals surface area contributed by atoms with Gasteiger partial charge < -0.3 is 9.26 Å². The van der Waals surface area contributed by atoms with E-state index in [1.54, 1.807) is 0 Å². The molecule has 0 aliphatic heterocycles. The van der Waals surface area contributed by atoms with Gasteiger partial charge in [0, 0.05) is 12.0 Å². The van der Waals surface area contributed by atoms with Crippen LogP contribution in [0.25, 0.3) is 0 Å². The van der Waals surface area contributed by atoms with E-state index in [0.29, 0.717) is 5.75 Å². The van der Waals surface area contributed by atoms with Crippen LogP contribution in [-0.2, 0) is 29.5 Å². The number of nitrogens with two attached hydrogens (primary N) is 1. The summed E-state index contributed by atoms with van der Waals surface area (Å²) in [6, 6.07) is 4.11. The molecule has 0 saturated heterocycles. The Morgan fingerprint density at radius 1 is 1.32 bits per heavy atom. The molecule has 3 rings (SSSR count). The molecule has 6 nitrogen and oxygen atoms in total. The number of halogens is 1. The highest BCUT2D eigenvalue weighted by Gasteiger charge is 2.20. The number of rotatable bonds is 4. The van der Waals surface area contributed by atoms with Crippen LogP contribution in [0.3, 0.4) is 0 Å². The summed E-state index contributed by atoms with van der Waals surface area (Å²) in [5.74, 6) is 1.31. The lowest BCUT2D eigenvalue weighted by atomic mass is 9.97. The first-order chi connectivity index (χ1) is 10.4. The molecule has 1 aliphatic rings. The number of sulfonamides is 1. The van der Waals surface area contributed by atoms with Gasteiger partial charge >= 0.3 is 0 Å². The zero-order chi connectivity index (χ0) is 15.7. The predicted molar refractivity (Wildman–Crippen MR) is 80.3 cm³/mol. The van der Waals surface area contributed by atoms with Crippen LogP contribution in [0.1, 0.15) is 29.9 Å². The van der Waals surface area contributed by atoms with E-state index >= 15 is 0 Å². The molecule has 1 aromatic carbocycles. The molecule has 0 saturated carbocycles. The number of nitrogens with zero attached hydrogens (tertiary/aromatic N) is 1. The van der Waals surface area contributed by atoms with Crippen molar-refractivity contribution >= 4 is 21.6 Å². The zero-order valence-electron chi connectivity index (χ0n) is 11.7. The first-order valence-electron chi connectivity index (χ1n) is 6.86. The van der Waals surface area contributed by atoms with E-state index in [-0.39, 0.29) is 16.5 Å². The first-order valence-corrected chi connectivity index (χ1v) is 8.79. The maximum absolute atomic E-state index is 11.3. The molecule has 8 heteroatoms. The summed E-state index contributed by atoms with van der Waals surface area (Å²) in [7, 11) is -3.78. The van der Waals surface area contributed by atoms with Crippen molar-refractivity contribution in [1.29, 1.82) is 0 Å². The van der Waals surface area contributed by atoms with Crippen molar-refractivity contribution in [3.8, 4) is 5.75 Å². The fraction of sp³-hybridized carbons (Fsp3) is 0.357. The number of primary sulfonamides is 1. The third kappa shape index (κ3) is 3.11. The van der Waals surface area contributed by atoms with Gasteiger partial charge in [0.1, 0.15) is 23.8 Å². The average Bonchev–Trinajstić information content (AvgIpc) is 2.88. The molecule has 1 heterocycles. The molecule has 2 aromatic rings. The molecule has 0 bridgehead atoms. The number of fused-ring (bicyclic) bond motifs is 1. The minimum absolute atomic E-state index is 0.0522. The van der Waals surface area contributed by atoms with Crippen LogP contribution >= 0.6 is 11.6 Å². The lowest BCUT2D eigenvalue weighted by Gasteiger charge is -2.11. The summed E-state index contributed by atoms with van der Waals surface area (Å²) in [5, 5.41) is 9.28. The lowest BCUT2D eigenvalue weighted by molar-refractivity contribution is 0.287. The van der Waals surface area contributed by atoms with Gasteiger partial charge in [0.25, 0.3) is 0 Å². The van der Waals surface area contributed by atoms with E-state index in [1.165, 1.54) is 18.2 Å². The first kappa shape index (κ1) is 15.3. The van der Waals surface area contributed by atoms with E-state index in [9.17, 15) is 8.42 Å². The van der Waals surface area contributed by atoms with Crippen LogP contribution in [0.15, 0.2) is 27.6 Å². The smallest absolute Gasteiger partial charge is 0.238 e. The van der Waals surface area contributed by atoms with Crippen molar-refractivity contribution in [2.45, 2.75) is 37.2 Å². The fourth-order valence-electron chi connectivity index (χ4n) is 2.48. The number of hydrogen-bond acceptors (Lipinski definition) is 5. The highest BCUT2D eigenvalue weighted by molar-refractivity contribution is 7.89. The molecule has 0 amide bonds. The van der Waals surface area contributed by atoms with Crippen molar-refractivity contribution in [2.75, 3.05) is 0 Å². The summed E-state index contributed by atoms with van der Waals surface area (Å²) in [6.07, 6.45) is 4.08. The molecular weight excluding hydrogens is 328 g/mol. The Hall–Kier alpha value is -1.57. The van der Waals surface area contributed by atoms with Gasteiger partial charge in [-0.15, -0.1) is 0 Å². The maximum atomic E-state index is 11.3. The second-order valence-corrected chi connectivity index (χ2v) is 7.13. The normalized spacial score (nSPS) is 14.6. The Morgan fingerprint density at radius 3 is 2.82 bits per heavy atom. The molecule has 22 heavy (non-hydrogen) atoms. The molecular formula is C14H15ClN2O4S. The van der Waals surface area contributed by atoms with Crippen molar-refractivity contribution in [3.63, 3.8) is 0 Å². The molecule has 0 unspecified atom stereocenters. The zero-order valence-corrected chi connectivity index (χ0v) is 13.3. The molecule has 1 aliphatic carbocycles. The number of benzene rings is 1. The fourth-order valence-corrected chi connectivity index (χ4v) is 3.32. The van der Waals surface area contributed by atoms with Crippen LogP contribution < -0.4 is 9.88 Å². The van der Waals surface area contributed by atoms with Crippen molar-refractivity contribution in [3.05, 3.63) is 40.2 Å². The number of aryl methyl sites for hydroxylation is 1. The van der Waals surface area contributed by atoms with Crippen molar-refractivity contribution in [2.24, 2.45) is 5.14 Å². The van der Waals surface area contributed by atoms with Gasteiger partial charge in [-0.25, -0.2) is 13.6 Å². The van der Waals surface area contributed by atoms with Crippen molar-refractivity contribution in [1.82, 2.24) is 5.16 Å². The molecule has 2 N–H and O–H groups in total. The quantitative estimate of drug-likeness (QED) is 0.920. The Morgan fingerprint density at radius 2 is 2.09 bits per heavy atom. The third-order valence-electron chi connectivity index (χ3n) is 3.63. The molecule has 118 valence electrons. The van der Waals surface area contributed by atoms with E-state index in [4.69, 9.17) is 26.0 Å². The van der Waals surface area contributed by atoms with Crippen LogP contribution in [0.4, 0.5) is 0 Å². The molecule has 1 aromatic heterocycles. The topological polar surface area (TPSA) is 95.4 Å². The Bertz CT molecular complexity index is 801. The standard InChI is InChI=1S/C14H15ClN2O4S/c15-11-7-9(22(16,18)19)5-6-14(11)20-8-12-10-3-1-2-4-13(10)21-17-12/h5-7H,1-4,8H2,(H2,16,18,19). The second kappa shape index (κ2) is 5.91. The average molecular weight is 343 g/mol. The minimum atomic E-state index is -3.78. The van der Waals surface area contributed by atoms with Crippen molar-refractivity contribution < 1.29 is 17.7 Å². The lowest BCUT2D eigenvalue weighted by Crippen LogP contribution is -2.12. The second-order valence-electron chi connectivity index (χ2n) is 5.16. The highest BCUT2D eigenvalue weighted by atomic mass is 35.5. The molecule has 0 radical (unpaired) electrons. The minimum Gasteiger partial charge on any atom is -0.486 e. The van der Waals surface area contributed by atoms with E-state index < -0.39 is 10.0 Å². The highest BCUT2D eigenvalue weighted by Crippen LogP contribution is 2.29. The third-order valence-corrected chi connectivity index (χ3v) is 4.83. The summed E-state index contributed by atoms with van der Waals surface area (Å²) in [6.45, 7) is 0.229. The Labute approximate surface area is 133 Å². The van der Waals surface area contributed by atoms with E-state index in [2.05, 4.69) is 5.16 Å². The predicted octanol–water partition coefficient (Wildman–Crippen LogP) is 2.43. The number of hydrogen-bond donors (Lipinski definition) is 1. The molecule has 0 spiro atoms. The monoisotopic (exact) mass is 342 g/mol. The van der Waals surface area contributed by atoms with E-state index in [0.717, 1.165) is 42.7 Å². The van der Waals surface area contributed by atoms with Gasteiger partial charge in [-0.3, -0.25) is 0 Å². The molecule has 0 atom stereocenters. The van der Waals surface area contributed by atoms with Gasteiger partial charge in [-0.05, 0) is 37.5 Å². The Kier molecular flexibility index (Phi) is 4.12. The summed E-state index contributed by atoms with van der Waals surface area (Å²) >= 11 is 6.03. The Balaban J connectivity index is 1.76. The van der Waals surface area contributed by atoms with Crippen LogP contribution in [0, 0.1) is 0 Å². The molecule has 0 fully saturated rings. The maximum Gasteiger partial charge on any atom is 0.238 e. The van der Waals surface area contributed by atoms with Gasteiger partial charge in [0.2, 0.25) is 10.0 Å². The van der Waals surface area contributed by atoms with E-state index in [1.807, 2.05) is 0 Å². The van der Waals surface area contributed by atoms with Gasteiger partial charge in [0.05, 0.1) is 9.92 Å². The summed E-state index contributed by atoms with van der Waals surface area (Å²) in [5.41, 5.74) is 1.88. The van der Waals surface area contributed by atoms with Gasteiger partial charge in [-0.2, -0.15) is 0 Å². The number of ether oxygens (including phenoxy) is 1.